The first-order chi connectivity index (χ1) is 12.0. The van der Waals surface area contributed by atoms with Crippen molar-refractivity contribution in [1.82, 2.24) is 15.3 Å². The summed E-state index contributed by atoms with van der Waals surface area (Å²) in [5.41, 5.74) is -2.92. The lowest BCUT2D eigenvalue weighted by Crippen LogP contribution is -2.27. The van der Waals surface area contributed by atoms with Gasteiger partial charge in [0.2, 0.25) is 5.75 Å². The number of alkyl halides is 3. The molecule has 10 heteroatoms. The molecule has 0 atom stereocenters. The maximum atomic E-state index is 13.3. The van der Waals surface area contributed by atoms with E-state index in [0.29, 0.717) is 12.1 Å². The van der Waals surface area contributed by atoms with E-state index in [2.05, 4.69) is 15.3 Å². The molecule has 0 spiro atoms. The van der Waals surface area contributed by atoms with Crippen molar-refractivity contribution < 1.29 is 27.5 Å². The largest absolute Gasteiger partial charge is 0.501 e. The number of aromatic hydroxyl groups is 1. The second-order valence-corrected chi connectivity index (χ2v) is 5.80. The highest BCUT2D eigenvalue weighted by atomic mass is 19.4. The van der Waals surface area contributed by atoms with Crippen LogP contribution in [-0.4, -0.2) is 21.0 Å². The Hall–Kier alpha value is -2.91. The van der Waals surface area contributed by atoms with Crippen LogP contribution in [0.1, 0.15) is 47.2 Å². The van der Waals surface area contributed by atoms with E-state index in [9.17, 15) is 32.3 Å². The van der Waals surface area contributed by atoms with Gasteiger partial charge in [-0.05, 0) is 17.7 Å². The SMILES string of the molecule is CC(C)c1nc(C(=O)NCc2ccc(F)c(C(F)(F)F)c2)c(O)c(=O)[nH]1. The Morgan fingerprint density at radius 2 is 2.00 bits per heavy atom. The number of hydrogen-bond donors (Lipinski definition) is 3. The van der Waals surface area contributed by atoms with Crippen LogP contribution in [0.5, 0.6) is 5.75 Å². The van der Waals surface area contributed by atoms with Crippen LogP contribution in [0.3, 0.4) is 0 Å². The third kappa shape index (κ3) is 4.19. The Balaban J connectivity index is 2.24. The molecule has 3 N–H and O–H groups in total. The van der Waals surface area contributed by atoms with Crippen LogP contribution in [0.2, 0.25) is 0 Å². The third-order valence-electron chi connectivity index (χ3n) is 3.46. The zero-order chi connectivity index (χ0) is 19.6. The fourth-order valence-electron chi connectivity index (χ4n) is 2.08. The molecule has 0 saturated carbocycles. The highest BCUT2D eigenvalue weighted by Gasteiger charge is 2.34. The first kappa shape index (κ1) is 19.4. The minimum Gasteiger partial charge on any atom is -0.501 e. The van der Waals surface area contributed by atoms with Gasteiger partial charge in [-0.3, -0.25) is 9.59 Å². The first-order valence-electron chi connectivity index (χ1n) is 7.47. The molecule has 1 aromatic heterocycles. The van der Waals surface area contributed by atoms with E-state index in [1.165, 1.54) is 0 Å². The van der Waals surface area contributed by atoms with Crippen LogP contribution in [0, 0.1) is 5.82 Å². The normalized spacial score (nSPS) is 11.7. The summed E-state index contributed by atoms with van der Waals surface area (Å²) in [5.74, 6) is -3.35. The number of carbonyl (C=O) groups is 1. The number of amides is 1. The number of nitrogens with zero attached hydrogens (tertiary/aromatic N) is 1. The Morgan fingerprint density at radius 1 is 1.35 bits per heavy atom. The van der Waals surface area contributed by atoms with E-state index in [1.54, 1.807) is 13.8 Å². The molecule has 1 amide bonds. The number of carbonyl (C=O) groups excluding carboxylic acids is 1. The number of benzene rings is 1. The molecule has 0 aliphatic heterocycles. The predicted molar refractivity (Wildman–Crippen MR) is 83.2 cm³/mol. The number of aromatic amines is 1. The molecule has 140 valence electrons. The quantitative estimate of drug-likeness (QED) is 0.718. The predicted octanol–water partition coefficient (Wildman–Crippen LogP) is 2.69. The van der Waals surface area contributed by atoms with Crippen LogP contribution < -0.4 is 10.9 Å². The second kappa shape index (κ2) is 7.14. The number of rotatable bonds is 4. The summed E-state index contributed by atoms with van der Waals surface area (Å²) in [6, 6.07) is 2.29. The molecule has 1 aromatic carbocycles. The minimum absolute atomic E-state index is 0.0134. The maximum absolute atomic E-state index is 13.3. The third-order valence-corrected chi connectivity index (χ3v) is 3.46. The van der Waals surface area contributed by atoms with E-state index in [4.69, 9.17) is 0 Å². The molecule has 2 rings (SSSR count). The topological polar surface area (TPSA) is 95.1 Å². The van der Waals surface area contributed by atoms with Crippen molar-refractivity contribution in [3.63, 3.8) is 0 Å². The van der Waals surface area contributed by atoms with E-state index < -0.39 is 40.5 Å². The van der Waals surface area contributed by atoms with Crippen molar-refractivity contribution in [2.75, 3.05) is 0 Å². The van der Waals surface area contributed by atoms with Gasteiger partial charge in [0.25, 0.3) is 11.5 Å². The molecular weight excluding hydrogens is 358 g/mol. The fourth-order valence-corrected chi connectivity index (χ4v) is 2.08. The maximum Gasteiger partial charge on any atom is 0.419 e. The molecule has 0 radical (unpaired) electrons. The summed E-state index contributed by atoms with van der Waals surface area (Å²) >= 11 is 0. The van der Waals surface area contributed by atoms with Gasteiger partial charge < -0.3 is 15.4 Å². The minimum atomic E-state index is -4.87. The molecule has 6 nitrogen and oxygen atoms in total. The average molecular weight is 373 g/mol. The zero-order valence-electron chi connectivity index (χ0n) is 13.7. The van der Waals surface area contributed by atoms with Crippen LogP contribution in [-0.2, 0) is 12.7 Å². The van der Waals surface area contributed by atoms with Crippen LogP contribution in [0.15, 0.2) is 23.0 Å². The van der Waals surface area contributed by atoms with E-state index in [-0.39, 0.29) is 23.9 Å². The van der Waals surface area contributed by atoms with Gasteiger partial charge in [-0.2, -0.15) is 13.2 Å². The lowest BCUT2D eigenvalue weighted by Gasteiger charge is -2.11. The van der Waals surface area contributed by atoms with Crippen molar-refractivity contribution in [3.05, 3.63) is 57.0 Å². The first-order valence-corrected chi connectivity index (χ1v) is 7.47. The lowest BCUT2D eigenvalue weighted by molar-refractivity contribution is -0.140. The summed E-state index contributed by atoms with van der Waals surface area (Å²) in [6.07, 6.45) is -4.87. The number of aromatic nitrogens is 2. The highest BCUT2D eigenvalue weighted by Crippen LogP contribution is 2.31. The van der Waals surface area contributed by atoms with Gasteiger partial charge in [0.1, 0.15) is 11.6 Å². The fraction of sp³-hybridized carbons (Fsp3) is 0.312. The molecule has 2 aromatic rings. The number of hydrogen-bond acceptors (Lipinski definition) is 4. The van der Waals surface area contributed by atoms with E-state index in [0.717, 1.165) is 6.07 Å². The summed E-state index contributed by atoms with van der Waals surface area (Å²) in [7, 11) is 0. The van der Waals surface area contributed by atoms with Crippen molar-refractivity contribution in [2.24, 2.45) is 0 Å². The van der Waals surface area contributed by atoms with Gasteiger partial charge in [-0.15, -0.1) is 0 Å². The van der Waals surface area contributed by atoms with Crippen LogP contribution in [0.25, 0.3) is 0 Å². The highest BCUT2D eigenvalue weighted by molar-refractivity contribution is 5.94. The monoisotopic (exact) mass is 373 g/mol. The van der Waals surface area contributed by atoms with Crippen molar-refractivity contribution in [2.45, 2.75) is 32.5 Å². The van der Waals surface area contributed by atoms with Gasteiger partial charge >= 0.3 is 6.18 Å². The van der Waals surface area contributed by atoms with Gasteiger partial charge in [0.05, 0.1) is 5.56 Å². The Morgan fingerprint density at radius 3 is 2.58 bits per heavy atom. The summed E-state index contributed by atoms with van der Waals surface area (Å²) < 4.78 is 51.4. The van der Waals surface area contributed by atoms with E-state index in [1.807, 2.05) is 0 Å². The smallest absolute Gasteiger partial charge is 0.419 e. The molecule has 0 fully saturated rings. The Labute approximate surface area is 144 Å². The Bertz CT molecular complexity index is 891. The van der Waals surface area contributed by atoms with Gasteiger partial charge in [-0.25, -0.2) is 9.37 Å². The van der Waals surface area contributed by atoms with Gasteiger partial charge in [0, 0.05) is 12.5 Å². The summed E-state index contributed by atoms with van der Waals surface area (Å²) in [4.78, 5) is 29.9. The molecule has 0 aliphatic carbocycles. The molecule has 0 aliphatic rings. The summed E-state index contributed by atoms with van der Waals surface area (Å²) in [6.45, 7) is 3.02. The lowest BCUT2D eigenvalue weighted by atomic mass is 10.1. The standard InChI is InChI=1S/C16H15F4N3O3/c1-7(2)13-22-11(12(24)15(26)23-13)14(25)21-6-8-3-4-10(17)9(5-8)16(18,19)20/h3-5,7,24H,6H2,1-2H3,(H,21,25)(H,22,23,26). The van der Waals surface area contributed by atoms with E-state index >= 15 is 0 Å². The molecule has 26 heavy (non-hydrogen) atoms. The number of H-pyrrole nitrogens is 1. The molecule has 0 bridgehead atoms. The van der Waals surface area contributed by atoms with Crippen molar-refractivity contribution in [3.8, 4) is 5.75 Å². The number of nitrogens with one attached hydrogen (secondary N) is 2. The molecule has 0 saturated heterocycles. The molecule has 0 unspecified atom stereocenters. The molecule has 1 heterocycles. The average Bonchev–Trinajstić information content (AvgIpc) is 2.54. The van der Waals surface area contributed by atoms with Gasteiger partial charge in [0.15, 0.2) is 5.69 Å². The van der Waals surface area contributed by atoms with Crippen LogP contribution in [0.4, 0.5) is 17.6 Å². The van der Waals surface area contributed by atoms with Crippen molar-refractivity contribution in [1.29, 1.82) is 0 Å². The zero-order valence-corrected chi connectivity index (χ0v) is 13.7. The Kier molecular flexibility index (Phi) is 5.33. The number of halogens is 4. The van der Waals surface area contributed by atoms with Crippen molar-refractivity contribution >= 4 is 5.91 Å². The molecular formula is C16H15F4N3O3. The van der Waals surface area contributed by atoms with Gasteiger partial charge in [-0.1, -0.05) is 19.9 Å². The summed E-state index contributed by atoms with van der Waals surface area (Å²) in [5, 5.41) is 11.9. The second-order valence-electron chi connectivity index (χ2n) is 5.80. The van der Waals surface area contributed by atoms with Crippen LogP contribution >= 0.6 is 0 Å².